The van der Waals surface area contributed by atoms with Crippen LogP contribution in [0.25, 0.3) is 11.1 Å². The van der Waals surface area contributed by atoms with E-state index in [1.165, 1.54) is 25.4 Å². The zero-order valence-electron chi connectivity index (χ0n) is 11.0. The van der Waals surface area contributed by atoms with E-state index in [9.17, 15) is 8.42 Å². The molecule has 0 saturated heterocycles. The van der Waals surface area contributed by atoms with E-state index in [0.717, 1.165) is 11.8 Å². The zero-order valence-corrected chi connectivity index (χ0v) is 11.8. The second-order valence-corrected chi connectivity index (χ2v) is 6.20. The molecule has 0 aliphatic heterocycles. The van der Waals surface area contributed by atoms with Crippen LogP contribution in [-0.2, 0) is 9.84 Å². The van der Waals surface area contributed by atoms with Gasteiger partial charge in [0.25, 0.3) is 0 Å². The van der Waals surface area contributed by atoms with Crippen molar-refractivity contribution in [3.63, 3.8) is 0 Å². The molecule has 0 radical (unpaired) electrons. The highest BCUT2D eigenvalue weighted by Gasteiger charge is 2.11. The number of benzene rings is 1. The first-order valence-electron chi connectivity index (χ1n) is 5.70. The van der Waals surface area contributed by atoms with Gasteiger partial charge in [-0.15, -0.1) is 0 Å². The number of aromatic nitrogens is 1. The Hall–Kier alpha value is -2.39. The minimum absolute atomic E-state index is 0.240. The summed E-state index contributed by atoms with van der Waals surface area (Å²) in [4.78, 5) is 4.29. The minimum atomic E-state index is -3.23. The van der Waals surface area contributed by atoms with Crippen molar-refractivity contribution in [1.82, 2.24) is 4.98 Å². The molecule has 0 unspecified atom stereocenters. The molecule has 2 rings (SSSR count). The van der Waals surface area contributed by atoms with E-state index in [2.05, 4.69) is 4.98 Å². The molecule has 1 aromatic carbocycles. The van der Waals surface area contributed by atoms with Gasteiger partial charge in [-0.25, -0.2) is 13.4 Å². The van der Waals surface area contributed by atoms with Crippen molar-refractivity contribution in [3.05, 3.63) is 42.1 Å². The van der Waals surface area contributed by atoms with Gasteiger partial charge in [0, 0.05) is 18.0 Å². The van der Waals surface area contributed by atoms with Crippen LogP contribution in [0.4, 0.5) is 0 Å². The second-order valence-electron chi connectivity index (χ2n) is 4.19. The van der Waals surface area contributed by atoms with Crippen molar-refractivity contribution in [2.45, 2.75) is 4.90 Å². The molecule has 6 heteroatoms. The molecule has 0 spiro atoms. The summed E-state index contributed by atoms with van der Waals surface area (Å²) in [5, 5.41) is 8.91. The Morgan fingerprint density at radius 3 is 2.40 bits per heavy atom. The van der Waals surface area contributed by atoms with Gasteiger partial charge in [0.1, 0.15) is 6.07 Å². The molecule has 2 aromatic rings. The average Bonchev–Trinajstić information content (AvgIpc) is 2.45. The SMILES string of the molecule is COc1ncc(C#N)cc1-c1ccc(S(C)(=O)=O)cc1. The lowest BCUT2D eigenvalue weighted by Gasteiger charge is -2.08. The topological polar surface area (TPSA) is 80.0 Å². The first-order valence-corrected chi connectivity index (χ1v) is 7.59. The van der Waals surface area contributed by atoms with Crippen molar-refractivity contribution in [2.24, 2.45) is 0 Å². The second kappa shape index (κ2) is 5.31. The summed E-state index contributed by atoms with van der Waals surface area (Å²) in [6, 6.07) is 10.0. The van der Waals surface area contributed by atoms with E-state index in [4.69, 9.17) is 10.00 Å². The molecule has 0 amide bonds. The van der Waals surface area contributed by atoms with E-state index in [0.29, 0.717) is 17.0 Å². The lowest BCUT2D eigenvalue weighted by atomic mass is 10.1. The third-order valence-corrected chi connectivity index (χ3v) is 3.90. The van der Waals surface area contributed by atoms with Gasteiger partial charge in [-0.3, -0.25) is 0 Å². The van der Waals surface area contributed by atoms with Crippen molar-refractivity contribution in [1.29, 1.82) is 5.26 Å². The summed E-state index contributed by atoms with van der Waals surface area (Å²) < 4.78 is 28.0. The van der Waals surface area contributed by atoms with Crippen LogP contribution < -0.4 is 4.74 Å². The number of pyridine rings is 1. The first kappa shape index (κ1) is 14.0. The molecule has 20 heavy (non-hydrogen) atoms. The molecule has 0 aliphatic carbocycles. The standard InChI is InChI=1S/C14H12N2O3S/c1-19-14-13(7-10(8-15)9-16-14)11-3-5-12(6-4-11)20(2,17)18/h3-7,9H,1-2H3. The van der Waals surface area contributed by atoms with E-state index in [1.807, 2.05) is 6.07 Å². The number of hydrogen-bond acceptors (Lipinski definition) is 5. The monoisotopic (exact) mass is 288 g/mol. The summed E-state index contributed by atoms with van der Waals surface area (Å²) >= 11 is 0. The lowest BCUT2D eigenvalue weighted by molar-refractivity contribution is 0.399. The zero-order chi connectivity index (χ0) is 14.8. The fraction of sp³-hybridized carbons (Fsp3) is 0.143. The fourth-order valence-corrected chi connectivity index (χ4v) is 2.39. The Labute approximate surface area is 117 Å². The Morgan fingerprint density at radius 2 is 1.90 bits per heavy atom. The van der Waals surface area contributed by atoms with Gasteiger partial charge in [0.05, 0.1) is 17.6 Å². The van der Waals surface area contributed by atoms with Gasteiger partial charge in [0.2, 0.25) is 5.88 Å². The van der Waals surface area contributed by atoms with Crippen LogP contribution in [0, 0.1) is 11.3 Å². The Bertz CT molecular complexity index is 775. The highest BCUT2D eigenvalue weighted by Crippen LogP contribution is 2.29. The van der Waals surface area contributed by atoms with Gasteiger partial charge in [-0.05, 0) is 23.8 Å². The van der Waals surface area contributed by atoms with Crippen molar-refractivity contribution in [3.8, 4) is 23.1 Å². The van der Waals surface area contributed by atoms with E-state index >= 15 is 0 Å². The maximum Gasteiger partial charge on any atom is 0.221 e. The quantitative estimate of drug-likeness (QED) is 0.863. The number of hydrogen-bond donors (Lipinski definition) is 0. The highest BCUT2D eigenvalue weighted by atomic mass is 32.2. The van der Waals surface area contributed by atoms with Crippen LogP contribution in [0.2, 0.25) is 0 Å². The highest BCUT2D eigenvalue weighted by molar-refractivity contribution is 7.90. The van der Waals surface area contributed by atoms with Gasteiger partial charge < -0.3 is 4.74 Å². The van der Waals surface area contributed by atoms with Crippen LogP contribution in [-0.4, -0.2) is 26.8 Å². The molecular weight excluding hydrogens is 276 g/mol. The molecule has 0 atom stereocenters. The number of nitriles is 1. The predicted molar refractivity (Wildman–Crippen MR) is 74.0 cm³/mol. The molecular formula is C14H12N2O3S. The lowest BCUT2D eigenvalue weighted by Crippen LogP contribution is -1.97. The van der Waals surface area contributed by atoms with Crippen molar-refractivity contribution >= 4 is 9.84 Å². The fourth-order valence-electron chi connectivity index (χ4n) is 1.76. The third kappa shape index (κ3) is 2.78. The van der Waals surface area contributed by atoms with Crippen LogP contribution in [0.15, 0.2) is 41.4 Å². The van der Waals surface area contributed by atoms with E-state index in [-0.39, 0.29) is 4.90 Å². The Balaban J connectivity index is 2.54. The summed E-state index contributed by atoms with van der Waals surface area (Å²) in [6.07, 6.45) is 2.58. The number of methoxy groups -OCH3 is 1. The maximum absolute atomic E-state index is 11.4. The van der Waals surface area contributed by atoms with E-state index < -0.39 is 9.84 Å². The molecule has 0 bridgehead atoms. The minimum Gasteiger partial charge on any atom is -0.481 e. The number of nitrogens with zero attached hydrogens (tertiary/aromatic N) is 2. The number of rotatable bonds is 3. The first-order chi connectivity index (χ1) is 9.45. The van der Waals surface area contributed by atoms with Crippen molar-refractivity contribution < 1.29 is 13.2 Å². The van der Waals surface area contributed by atoms with Crippen LogP contribution >= 0.6 is 0 Å². The summed E-state index contributed by atoms with van der Waals surface area (Å²) in [5.41, 5.74) is 1.79. The molecule has 0 saturated carbocycles. The van der Waals surface area contributed by atoms with Crippen LogP contribution in [0.5, 0.6) is 5.88 Å². The molecule has 102 valence electrons. The third-order valence-electron chi connectivity index (χ3n) is 2.77. The van der Waals surface area contributed by atoms with Gasteiger partial charge >= 0.3 is 0 Å². The predicted octanol–water partition coefficient (Wildman–Crippen LogP) is 2.03. The maximum atomic E-state index is 11.4. The van der Waals surface area contributed by atoms with Gasteiger partial charge in [-0.2, -0.15) is 5.26 Å². The number of sulfone groups is 1. The van der Waals surface area contributed by atoms with Crippen molar-refractivity contribution in [2.75, 3.05) is 13.4 Å². The molecule has 0 N–H and O–H groups in total. The van der Waals surface area contributed by atoms with E-state index in [1.54, 1.807) is 18.2 Å². The molecule has 0 aliphatic rings. The Morgan fingerprint density at radius 1 is 1.25 bits per heavy atom. The van der Waals surface area contributed by atoms with Gasteiger partial charge in [0.15, 0.2) is 9.84 Å². The largest absolute Gasteiger partial charge is 0.481 e. The van der Waals surface area contributed by atoms with Crippen LogP contribution in [0.3, 0.4) is 0 Å². The molecule has 1 heterocycles. The summed E-state index contributed by atoms with van der Waals surface area (Å²) in [6.45, 7) is 0. The molecule has 5 nitrogen and oxygen atoms in total. The molecule has 1 aromatic heterocycles. The summed E-state index contributed by atoms with van der Waals surface area (Å²) in [7, 11) is -1.74. The average molecular weight is 288 g/mol. The summed E-state index contributed by atoms with van der Waals surface area (Å²) in [5.74, 6) is 0.385. The smallest absolute Gasteiger partial charge is 0.221 e. The normalized spacial score (nSPS) is 10.8. The Kier molecular flexibility index (Phi) is 3.72. The van der Waals surface area contributed by atoms with Crippen LogP contribution in [0.1, 0.15) is 5.56 Å². The van der Waals surface area contributed by atoms with Gasteiger partial charge in [-0.1, -0.05) is 12.1 Å². The number of ether oxygens (including phenoxy) is 1. The molecule has 0 fully saturated rings.